The summed E-state index contributed by atoms with van der Waals surface area (Å²) >= 11 is 4.71. The van der Waals surface area contributed by atoms with Gasteiger partial charge in [-0.2, -0.15) is 5.10 Å². The van der Waals surface area contributed by atoms with Crippen LogP contribution in [-0.4, -0.2) is 23.9 Å². The molecule has 1 saturated heterocycles. The van der Waals surface area contributed by atoms with E-state index in [1.54, 1.807) is 0 Å². The van der Waals surface area contributed by atoms with Crippen molar-refractivity contribution in [1.29, 1.82) is 0 Å². The number of nitrogens with one attached hydrogen (secondary N) is 2. The molecule has 0 aromatic rings. The van der Waals surface area contributed by atoms with Crippen molar-refractivity contribution in [2.45, 2.75) is 38.1 Å². The lowest BCUT2D eigenvalue weighted by atomic mass is 9.72. The Morgan fingerprint density at radius 1 is 1.38 bits per heavy atom. The minimum atomic E-state index is 0.229. The van der Waals surface area contributed by atoms with Crippen LogP contribution < -0.4 is 16.5 Å². The average molecular weight is 240 g/mol. The third-order valence-corrected chi connectivity index (χ3v) is 3.83. The summed E-state index contributed by atoms with van der Waals surface area (Å²) in [5.74, 6) is 1.63. The van der Waals surface area contributed by atoms with Gasteiger partial charge in [0, 0.05) is 12.3 Å². The lowest BCUT2D eigenvalue weighted by molar-refractivity contribution is 0.164. The van der Waals surface area contributed by atoms with E-state index < -0.39 is 0 Å². The molecular weight excluding hydrogens is 220 g/mol. The molecule has 2 rings (SSSR count). The molecule has 4 N–H and O–H groups in total. The molecule has 3 unspecified atom stereocenters. The number of fused-ring (bicyclic) bond motifs is 1. The molecule has 4 nitrogen and oxygen atoms in total. The van der Waals surface area contributed by atoms with Gasteiger partial charge >= 0.3 is 0 Å². The second-order valence-corrected chi connectivity index (χ2v) is 5.17. The number of rotatable bonds is 2. The molecule has 0 aromatic heterocycles. The lowest BCUT2D eigenvalue weighted by Gasteiger charge is -2.40. The first-order valence-electron chi connectivity index (χ1n) is 6.09. The van der Waals surface area contributed by atoms with Crippen molar-refractivity contribution in [1.82, 2.24) is 10.7 Å². The molecule has 2 fully saturated rings. The zero-order chi connectivity index (χ0) is 11.4. The second kappa shape index (κ2) is 5.59. The molecule has 3 atom stereocenters. The Morgan fingerprint density at radius 2 is 2.19 bits per heavy atom. The van der Waals surface area contributed by atoms with E-state index >= 15 is 0 Å². The summed E-state index contributed by atoms with van der Waals surface area (Å²) in [4.78, 5) is 0. The Hall–Kier alpha value is -0.680. The molecular formula is C11H20N4S. The predicted octanol–water partition coefficient (Wildman–Crippen LogP) is 0.974. The summed E-state index contributed by atoms with van der Waals surface area (Å²) in [7, 11) is 0. The van der Waals surface area contributed by atoms with Crippen molar-refractivity contribution in [2.24, 2.45) is 22.7 Å². The summed E-state index contributed by atoms with van der Waals surface area (Å²) in [6.45, 7) is 1.10. The van der Waals surface area contributed by atoms with E-state index in [9.17, 15) is 0 Å². The topological polar surface area (TPSA) is 62.4 Å². The molecule has 0 aromatic carbocycles. The second-order valence-electron chi connectivity index (χ2n) is 4.73. The molecule has 1 heterocycles. The third kappa shape index (κ3) is 2.92. The SMILES string of the molecule is NC(=S)N/N=C/C1NCCC2CCCCC21. The van der Waals surface area contributed by atoms with Gasteiger partial charge in [0.25, 0.3) is 0 Å². The summed E-state index contributed by atoms with van der Waals surface area (Å²) in [5.41, 5.74) is 7.95. The fourth-order valence-corrected chi connectivity index (χ4v) is 3.05. The first-order valence-corrected chi connectivity index (χ1v) is 6.50. The summed E-state index contributed by atoms with van der Waals surface area (Å²) in [6, 6.07) is 0.390. The van der Waals surface area contributed by atoms with Crippen LogP contribution in [0.25, 0.3) is 0 Å². The fourth-order valence-electron chi connectivity index (χ4n) is 3.00. The van der Waals surface area contributed by atoms with Crippen molar-refractivity contribution in [3.63, 3.8) is 0 Å². The van der Waals surface area contributed by atoms with Crippen LogP contribution in [0.4, 0.5) is 0 Å². The van der Waals surface area contributed by atoms with Crippen molar-refractivity contribution in [2.75, 3.05) is 6.54 Å². The van der Waals surface area contributed by atoms with Crippen molar-refractivity contribution < 1.29 is 0 Å². The Kier molecular flexibility index (Phi) is 4.12. The van der Waals surface area contributed by atoms with Crippen LogP contribution in [0, 0.1) is 11.8 Å². The van der Waals surface area contributed by atoms with Crippen molar-refractivity contribution in [3.8, 4) is 0 Å². The highest BCUT2D eigenvalue weighted by Gasteiger charge is 2.33. The maximum absolute atomic E-state index is 5.33. The van der Waals surface area contributed by atoms with Crippen LogP contribution in [-0.2, 0) is 0 Å². The molecule has 0 bridgehead atoms. The van der Waals surface area contributed by atoms with E-state index in [1.807, 2.05) is 6.21 Å². The first-order chi connectivity index (χ1) is 7.77. The van der Waals surface area contributed by atoms with Crippen LogP contribution in [0.2, 0.25) is 0 Å². The molecule has 1 saturated carbocycles. The molecule has 2 aliphatic rings. The Labute approximate surface area is 102 Å². The van der Waals surface area contributed by atoms with Gasteiger partial charge in [0.1, 0.15) is 0 Å². The highest BCUT2D eigenvalue weighted by molar-refractivity contribution is 7.80. The predicted molar refractivity (Wildman–Crippen MR) is 70.3 cm³/mol. The van der Waals surface area contributed by atoms with Gasteiger partial charge in [-0.25, -0.2) is 0 Å². The van der Waals surface area contributed by atoms with E-state index in [4.69, 9.17) is 18.0 Å². The highest BCUT2D eigenvalue weighted by atomic mass is 32.1. The third-order valence-electron chi connectivity index (χ3n) is 3.73. The van der Waals surface area contributed by atoms with Crippen LogP contribution in [0.1, 0.15) is 32.1 Å². The van der Waals surface area contributed by atoms with Crippen molar-refractivity contribution >= 4 is 23.5 Å². The van der Waals surface area contributed by atoms with E-state index in [1.165, 1.54) is 32.1 Å². The van der Waals surface area contributed by atoms with Crippen molar-refractivity contribution in [3.05, 3.63) is 0 Å². The number of nitrogens with two attached hydrogens (primary N) is 1. The minimum Gasteiger partial charge on any atom is -0.375 e. The molecule has 0 spiro atoms. The average Bonchev–Trinajstić information content (AvgIpc) is 2.29. The maximum atomic E-state index is 5.33. The quantitative estimate of drug-likeness (QED) is 0.382. The number of hydrazone groups is 1. The molecule has 5 heteroatoms. The number of hydrogen-bond acceptors (Lipinski definition) is 3. The minimum absolute atomic E-state index is 0.229. The first kappa shape index (κ1) is 11.8. The van der Waals surface area contributed by atoms with E-state index in [2.05, 4.69) is 15.8 Å². The van der Waals surface area contributed by atoms with Gasteiger partial charge in [0.05, 0.1) is 0 Å². The maximum Gasteiger partial charge on any atom is 0.184 e. The normalized spacial score (nSPS) is 34.6. The summed E-state index contributed by atoms with van der Waals surface area (Å²) in [6.07, 6.45) is 8.71. The number of hydrogen-bond donors (Lipinski definition) is 3. The molecule has 0 radical (unpaired) electrons. The molecule has 0 amide bonds. The van der Waals surface area contributed by atoms with Crippen LogP contribution in [0.5, 0.6) is 0 Å². The number of nitrogens with zero attached hydrogens (tertiary/aromatic N) is 1. The van der Waals surface area contributed by atoms with Gasteiger partial charge in [-0.05, 0) is 43.4 Å². The molecule has 1 aliphatic carbocycles. The Bertz CT molecular complexity index is 277. The zero-order valence-electron chi connectivity index (χ0n) is 9.48. The highest BCUT2D eigenvalue weighted by Crippen LogP contribution is 2.36. The molecule has 1 aliphatic heterocycles. The standard InChI is InChI=1S/C11H20N4S/c12-11(16)15-14-7-10-9-4-2-1-3-8(9)5-6-13-10/h7-10,13H,1-6H2,(H3,12,15,16)/b14-7+. The van der Waals surface area contributed by atoms with Crippen LogP contribution in [0.3, 0.4) is 0 Å². The molecule has 16 heavy (non-hydrogen) atoms. The van der Waals surface area contributed by atoms with E-state index in [-0.39, 0.29) is 5.11 Å². The van der Waals surface area contributed by atoms with Gasteiger partial charge in [-0.3, -0.25) is 5.43 Å². The van der Waals surface area contributed by atoms with Gasteiger partial charge < -0.3 is 11.1 Å². The van der Waals surface area contributed by atoms with Gasteiger partial charge in [-0.15, -0.1) is 0 Å². The van der Waals surface area contributed by atoms with E-state index in [0.29, 0.717) is 6.04 Å². The molecule has 90 valence electrons. The fraction of sp³-hybridized carbons (Fsp3) is 0.818. The Morgan fingerprint density at radius 3 is 3.00 bits per heavy atom. The van der Waals surface area contributed by atoms with Gasteiger partial charge in [-0.1, -0.05) is 19.3 Å². The zero-order valence-corrected chi connectivity index (χ0v) is 10.3. The smallest absolute Gasteiger partial charge is 0.184 e. The number of piperidine rings is 1. The van der Waals surface area contributed by atoms with Gasteiger partial charge in [0.15, 0.2) is 5.11 Å². The van der Waals surface area contributed by atoms with Crippen LogP contribution in [0.15, 0.2) is 5.10 Å². The van der Waals surface area contributed by atoms with Gasteiger partial charge in [0.2, 0.25) is 0 Å². The monoisotopic (exact) mass is 240 g/mol. The lowest BCUT2D eigenvalue weighted by Crippen LogP contribution is -2.48. The Balaban J connectivity index is 1.91. The summed E-state index contributed by atoms with van der Waals surface area (Å²) < 4.78 is 0. The number of thiocarbonyl (C=S) groups is 1. The largest absolute Gasteiger partial charge is 0.375 e. The van der Waals surface area contributed by atoms with E-state index in [0.717, 1.165) is 18.4 Å². The summed E-state index contributed by atoms with van der Waals surface area (Å²) in [5, 5.41) is 7.83. The van der Waals surface area contributed by atoms with Crippen LogP contribution >= 0.6 is 12.2 Å².